The Hall–Kier alpha value is -2.42. The van der Waals surface area contributed by atoms with Gasteiger partial charge in [-0.05, 0) is 80.8 Å². The van der Waals surface area contributed by atoms with E-state index in [1.165, 1.54) is 17.5 Å². The number of nitrogens with zero attached hydrogens (tertiary/aromatic N) is 1. The number of rotatable bonds is 5. The predicted molar refractivity (Wildman–Crippen MR) is 114 cm³/mol. The summed E-state index contributed by atoms with van der Waals surface area (Å²) >= 11 is 0. The first-order chi connectivity index (χ1) is 13.4. The maximum absolute atomic E-state index is 13.4. The standard InChI is InChI=1S/C25H31NO2/c1-17-8-10-21(14-19(17)3)23(25(28)26-12-6-5-7-13-26)16-24(27)22-11-9-18(2)20(4)15-22/h8-11,14-15,23H,5-7,12-13,16H2,1-4H3. The van der Waals surface area contributed by atoms with Crippen LogP contribution in [0.3, 0.4) is 0 Å². The van der Waals surface area contributed by atoms with Crippen molar-refractivity contribution in [1.29, 1.82) is 0 Å². The fourth-order valence-corrected chi connectivity index (χ4v) is 3.88. The lowest BCUT2D eigenvalue weighted by atomic mass is 9.87. The first kappa shape index (κ1) is 20.3. The largest absolute Gasteiger partial charge is 0.342 e. The molecule has 0 radical (unpaired) electrons. The highest BCUT2D eigenvalue weighted by molar-refractivity contribution is 6.00. The summed E-state index contributed by atoms with van der Waals surface area (Å²) in [4.78, 5) is 28.4. The van der Waals surface area contributed by atoms with Crippen molar-refractivity contribution in [2.24, 2.45) is 0 Å². The zero-order chi connectivity index (χ0) is 20.3. The van der Waals surface area contributed by atoms with Gasteiger partial charge in [0, 0.05) is 25.1 Å². The number of carbonyl (C=O) groups is 2. The number of hydrogen-bond acceptors (Lipinski definition) is 2. The first-order valence-corrected chi connectivity index (χ1v) is 10.3. The van der Waals surface area contributed by atoms with Gasteiger partial charge >= 0.3 is 0 Å². The predicted octanol–water partition coefficient (Wildman–Crippen LogP) is 5.29. The third-order valence-electron chi connectivity index (χ3n) is 6.12. The molecule has 1 atom stereocenters. The van der Waals surface area contributed by atoms with Crippen LogP contribution in [0.1, 0.15) is 69.8 Å². The van der Waals surface area contributed by atoms with Gasteiger partial charge in [-0.2, -0.15) is 0 Å². The zero-order valence-electron chi connectivity index (χ0n) is 17.5. The van der Waals surface area contributed by atoms with Crippen molar-refractivity contribution in [3.63, 3.8) is 0 Å². The summed E-state index contributed by atoms with van der Waals surface area (Å²) in [6.07, 6.45) is 3.51. The second-order valence-corrected chi connectivity index (χ2v) is 8.21. The summed E-state index contributed by atoms with van der Waals surface area (Å²) in [6, 6.07) is 12.0. The monoisotopic (exact) mass is 377 g/mol. The maximum Gasteiger partial charge on any atom is 0.230 e. The topological polar surface area (TPSA) is 37.4 Å². The van der Waals surface area contributed by atoms with Crippen molar-refractivity contribution in [2.45, 2.75) is 59.3 Å². The Balaban J connectivity index is 1.90. The van der Waals surface area contributed by atoms with E-state index in [0.29, 0.717) is 5.56 Å². The second-order valence-electron chi connectivity index (χ2n) is 8.21. The number of Topliss-reactive ketones (excluding diaryl/α,β-unsaturated/α-hetero) is 1. The lowest BCUT2D eigenvalue weighted by molar-refractivity contribution is -0.133. The summed E-state index contributed by atoms with van der Waals surface area (Å²) in [5, 5.41) is 0. The van der Waals surface area contributed by atoms with Crippen LogP contribution in [-0.4, -0.2) is 29.7 Å². The molecule has 1 heterocycles. The number of benzene rings is 2. The van der Waals surface area contributed by atoms with E-state index in [0.717, 1.165) is 42.6 Å². The van der Waals surface area contributed by atoms with Gasteiger partial charge in [0.25, 0.3) is 0 Å². The number of amides is 1. The van der Waals surface area contributed by atoms with Gasteiger partial charge in [0.2, 0.25) is 5.91 Å². The molecule has 1 fully saturated rings. The maximum atomic E-state index is 13.4. The molecule has 2 aromatic carbocycles. The quantitative estimate of drug-likeness (QED) is 0.664. The molecule has 1 aliphatic heterocycles. The molecule has 1 saturated heterocycles. The number of likely N-dealkylation sites (tertiary alicyclic amines) is 1. The molecule has 3 nitrogen and oxygen atoms in total. The highest BCUT2D eigenvalue weighted by Crippen LogP contribution is 2.28. The van der Waals surface area contributed by atoms with Crippen LogP contribution < -0.4 is 0 Å². The fraction of sp³-hybridized carbons (Fsp3) is 0.440. The third-order valence-corrected chi connectivity index (χ3v) is 6.12. The molecule has 0 N–H and O–H groups in total. The van der Waals surface area contributed by atoms with E-state index < -0.39 is 5.92 Å². The van der Waals surface area contributed by atoms with Crippen molar-refractivity contribution in [2.75, 3.05) is 13.1 Å². The van der Waals surface area contributed by atoms with Crippen LogP contribution >= 0.6 is 0 Å². The molecule has 1 unspecified atom stereocenters. The number of ketones is 1. The fourth-order valence-electron chi connectivity index (χ4n) is 3.88. The minimum Gasteiger partial charge on any atom is -0.342 e. The number of aryl methyl sites for hydroxylation is 4. The molecule has 28 heavy (non-hydrogen) atoms. The Kier molecular flexibility index (Phi) is 6.33. The third kappa shape index (κ3) is 4.52. The lowest BCUT2D eigenvalue weighted by Crippen LogP contribution is -2.39. The van der Waals surface area contributed by atoms with Gasteiger partial charge in [-0.3, -0.25) is 9.59 Å². The van der Waals surface area contributed by atoms with E-state index >= 15 is 0 Å². The Morgan fingerprint density at radius 1 is 0.821 bits per heavy atom. The van der Waals surface area contributed by atoms with Gasteiger partial charge in [0.15, 0.2) is 5.78 Å². The van der Waals surface area contributed by atoms with Crippen molar-refractivity contribution in [3.05, 3.63) is 69.8 Å². The Morgan fingerprint density at radius 3 is 2.04 bits per heavy atom. The Bertz CT molecular complexity index is 878. The molecular weight excluding hydrogens is 346 g/mol. The molecule has 0 bridgehead atoms. The minimum atomic E-state index is -0.411. The number of carbonyl (C=O) groups excluding carboxylic acids is 2. The molecule has 3 rings (SSSR count). The van der Waals surface area contributed by atoms with Crippen molar-refractivity contribution < 1.29 is 9.59 Å². The molecule has 1 amide bonds. The van der Waals surface area contributed by atoms with Crippen molar-refractivity contribution in [3.8, 4) is 0 Å². The van der Waals surface area contributed by atoms with Crippen LogP contribution in [0.5, 0.6) is 0 Å². The van der Waals surface area contributed by atoms with Crippen LogP contribution in [0.15, 0.2) is 36.4 Å². The van der Waals surface area contributed by atoms with Gasteiger partial charge in [-0.15, -0.1) is 0 Å². The van der Waals surface area contributed by atoms with Gasteiger partial charge < -0.3 is 4.90 Å². The molecule has 1 aliphatic rings. The first-order valence-electron chi connectivity index (χ1n) is 10.3. The van der Waals surface area contributed by atoms with Gasteiger partial charge in [-0.1, -0.05) is 30.3 Å². The van der Waals surface area contributed by atoms with Crippen LogP contribution in [0, 0.1) is 27.7 Å². The normalized spacial score (nSPS) is 15.4. The summed E-state index contributed by atoms with van der Waals surface area (Å²) in [6.45, 7) is 9.80. The Morgan fingerprint density at radius 2 is 1.43 bits per heavy atom. The minimum absolute atomic E-state index is 0.0386. The van der Waals surface area contributed by atoms with E-state index in [4.69, 9.17) is 0 Å². The lowest BCUT2D eigenvalue weighted by Gasteiger charge is -2.30. The molecule has 0 spiro atoms. The van der Waals surface area contributed by atoms with E-state index in [-0.39, 0.29) is 18.1 Å². The van der Waals surface area contributed by atoms with Crippen LogP contribution in [0.2, 0.25) is 0 Å². The molecule has 148 valence electrons. The van der Waals surface area contributed by atoms with Crippen molar-refractivity contribution in [1.82, 2.24) is 4.90 Å². The SMILES string of the molecule is Cc1ccc(C(=O)CC(C(=O)N2CCCCC2)c2ccc(C)c(C)c2)cc1C. The molecular formula is C25H31NO2. The van der Waals surface area contributed by atoms with Crippen LogP contribution in [0.25, 0.3) is 0 Å². The second kappa shape index (κ2) is 8.72. The van der Waals surface area contributed by atoms with Gasteiger partial charge in [-0.25, -0.2) is 0 Å². The van der Waals surface area contributed by atoms with E-state index in [2.05, 4.69) is 26.0 Å². The summed E-state index contributed by atoms with van der Waals surface area (Å²) in [5.41, 5.74) is 6.29. The van der Waals surface area contributed by atoms with E-state index in [1.54, 1.807) is 0 Å². The van der Waals surface area contributed by atoms with Crippen LogP contribution in [0.4, 0.5) is 0 Å². The molecule has 0 saturated carbocycles. The average molecular weight is 378 g/mol. The Labute approximate surface area is 168 Å². The molecule has 2 aromatic rings. The van der Waals surface area contributed by atoms with Crippen LogP contribution in [-0.2, 0) is 4.79 Å². The number of hydrogen-bond donors (Lipinski definition) is 0. The summed E-state index contributed by atoms with van der Waals surface area (Å²) in [7, 11) is 0. The zero-order valence-corrected chi connectivity index (χ0v) is 17.5. The summed E-state index contributed by atoms with van der Waals surface area (Å²) in [5.74, 6) is -0.275. The van der Waals surface area contributed by atoms with E-state index in [1.807, 2.05) is 43.0 Å². The highest BCUT2D eigenvalue weighted by atomic mass is 16.2. The number of piperidine rings is 1. The highest BCUT2D eigenvalue weighted by Gasteiger charge is 2.29. The average Bonchev–Trinajstić information content (AvgIpc) is 2.70. The van der Waals surface area contributed by atoms with Gasteiger partial charge in [0.05, 0.1) is 5.92 Å². The van der Waals surface area contributed by atoms with Gasteiger partial charge in [0.1, 0.15) is 0 Å². The smallest absolute Gasteiger partial charge is 0.230 e. The van der Waals surface area contributed by atoms with Crippen molar-refractivity contribution >= 4 is 11.7 Å². The van der Waals surface area contributed by atoms with E-state index in [9.17, 15) is 9.59 Å². The molecule has 0 aromatic heterocycles. The summed E-state index contributed by atoms with van der Waals surface area (Å²) < 4.78 is 0. The molecule has 0 aliphatic carbocycles. The molecule has 3 heteroatoms.